The molecule has 0 aromatic heterocycles. The molecule has 0 bridgehead atoms. The van der Waals surface area contributed by atoms with Gasteiger partial charge < -0.3 is 15.7 Å². The molecule has 0 aliphatic carbocycles. The van der Waals surface area contributed by atoms with Crippen LogP contribution in [0.5, 0.6) is 0 Å². The number of likely N-dealkylation sites (tertiary alicyclic amines) is 1. The Morgan fingerprint density at radius 3 is 3.05 bits per heavy atom. The highest BCUT2D eigenvalue weighted by atomic mass is 19.1. The summed E-state index contributed by atoms with van der Waals surface area (Å²) in [4.78, 5) is 2.21. The van der Waals surface area contributed by atoms with Gasteiger partial charge in [0.15, 0.2) is 5.84 Å². The lowest BCUT2D eigenvalue weighted by molar-refractivity contribution is 0.152. The van der Waals surface area contributed by atoms with Crippen molar-refractivity contribution in [1.82, 2.24) is 4.90 Å². The zero-order valence-corrected chi connectivity index (χ0v) is 11.6. The van der Waals surface area contributed by atoms with Crippen molar-refractivity contribution < 1.29 is 14.3 Å². The van der Waals surface area contributed by atoms with Crippen molar-refractivity contribution in [3.8, 4) is 0 Å². The Hall–Kier alpha value is -1.66. The van der Waals surface area contributed by atoms with E-state index in [4.69, 9.17) is 15.7 Å². The summed E-state index contributed by atoms with van der Waals surface area (Å²) in [5.41, 5.74) is 6.44. The maximum Gasteiger partial charge on any atom is 0.170 e. The zero-order valence-electron chi connectivity index (χ0n) is 11.6. The quantitative estimate of drug-likeness (QED) is 0.370. The SMILES string of the molecule is COCC1CCN(Cc2ccc(C(N)=NO)cc2F)C1. The molecule has 1 aliphatic heterocycles. The number of nitrogens with two attached hydrogens (primary N) is 1. The van der Waals surface area contributed by atoms with Gasteiger partial charge in [0.25, 0.3) is 0 Å². The van der Waals surface area contributed by atoms with Crippen molar-refractivity contribution in [2.24, 2.45) is 16.8 Å². The van der Waals surface area contributed by atoms with E-state index in [1.807, 2.05) is 0 Å². The van der Waals surface area contributed by atoms with Crippen LogP contribution in [0.15, 0.2) is 23.4 Å². The first-order valence-corrected chi connectivity index (χ1v) is 6.61. The lowest BCUT2D eigenvalue weighted by Crippen LogP contribution is -2.22. The minimum absolute atomic E-state index is 0.0863. The van der Waals surface area contributed by atoms with E-state index in [9.17, 15) is 4.39 Å². The number of ether oxygens (including phenoxy) is 1. The Labute approximate surface area is 117 Å². The average Bonchev–Trinajstić information content (AvgIpc) is 2.88. The number of amidine groups is 1. The van der Waals surface area contributed by atoms with Crippen LogP contribution in [0.3, 0.4) is 0 Å². The van der Waals surface area contributed by atoms with Gasteiger partial charge in [-0.05, 0) is 24.9 Å². The first-order valence-electron chi connectivity index (χ1n) is 6.61. The van der Waals surface area contributed by atoms with Gasteiger partial charge in [0.05, 0.1) is 6.61 Å². The van der Waals surface area contributed by atoms with Gasteiger partial charge in [-0.2, -0.15) is 0 Å². The molecule has 2 rings (SSSR count). The molecule has 1 unspecified atom stereocenters. The van der Waals surface area contributed by atoms with Gasteiger partial charge in [0.1, 0.15) is 5.82 Å². The molecule has 5 nitrogen and oxygen atoms in total. The van der Waals surface area contributed by atoms with Crippen LogP contribution in [0.1, 0.15) is 17.5 Å². The Kier molecular flexibility index (Phi) is 4.92. The van der Waals surface area contributed by atoms with E-state index in [0.717, 1.165) is 26.1 Å². The second-order valence-corrected chi connectivity index (χ2v) is 5.14. The third-order valence-corrected chi connectivity index (χ3v) is 3.62. The first kappa shape index (κ1) is 14.7. The van der Waals surface area contributed by atoms with E-state index in [-0.39, 0.29) is 11.7 Å². The van der Waals surface area contributed by atoms with Crippen LogP contribution in [-0.2, 0) is 11.3 Å². The maximum atomic E-state index is 14.0. The Balaban J connectivity index is 2.00. The van der Waals surface area contributed by atoms with Crippen molar-refractivity contribution in [2.45, 2.75) is 13.0 Å². The summed E-state index contributed by atoms with van der Waals surface area (Å²) < 4.78 is 19.2. The summed E-state index contributed by atoms with van der Waals surface area (Å²) in [7, 11) is 1.70. The topological polar surface area (TPSA) is 71.1 Å². The van der Waals surface area contributed by atoms with Gasteiger partial charge in [-0.15, -0.1) is 0 Å². The van der Waals surface area contributed by atoms with Crippen molar-refractivity contribution in [2.75, 3.05) is 26.8 Å². The molecule has 0 radical (unpaired) electrons. The summed E-state index contributed by atoms with van der Waals surface area (Å²) in [5, 5.41) is 11.4. The van der Waals surface area contributed by atoms with Crippen molar-refractivity contribution in [3.63, 3.8) is 0 Å². The highest BCUT2D eigenvalue weighted by Crippen LogP contribution is 2.20. The molecule has 1 aromatic carbocycles. The predicted octanol–water partition coefficient (Wildman–Crippen LogP) is 1.39. The smallest absolute Gasteiger partial charge is 0.170 e. The molecule has 1 aromatic rings. The summed E-state index contributed by atoms with van der Waals surface area (Å²) >= 11 is 0. The second-order valence-electron chi connectivity index (χ2n) is 5.14. The standard InChI is InChI=1S/C14H20FN3O2/c1-20-9-10-4-5-18(7-10)8-12-3-2-11(6-13(12)15)14(16)17-19/h2-3,6,10,19H,4-5,7-9H2,1H3,(H2,16,17). The fourth-order valence-corrected chi connectivity index (χ4v) is 2.56. The van der Waals surface area contributed by atoms with Crippen LogP contribution in [0.2, 0.25) is 0 Å². The molecule has 0 spiro atoms. The molecule has 3 N–H and O–H groups in total. The van der Waals surface area contributed by atoms with E-state index in [1.165, 1.54) is 6.07 Å². The van der Waals surface area contributed by atoms with Gasteiger partial charge in [-0.3, -0.25) is 4.90 Å². The number of hydrogen-bond donors (Lipinski definition) is 2. The monoisotopic (exact) mass is 281 g/mol. The maximum absolute atomic E-state index is 14.0. The Bertz CT molecular complexity index is 493. The number of rotatable bonds is 5. The van der Waals surface area contributed by atoms with Gasteiger partial charge in [0, 0.05) is 31.3 Å². The normalized spacial score (nSPS) is 20.5. The third-order valence-electron chi connectivity index (χ3n) is 3.62. The number of benzene rings is 1. The molecule has 1 atom stereocenters. The third kappa shape index (κ3) is 3.46. The lowest BCUT2D eigenvalue weighted by atomic mass is 10.1. The van der Waals surface area contributed by atoms with E-state index in [1.54, 1.807) is 19.2 Å². The van der Waals surface area contributed by atoms with Gasteiger partial charge in [0.2, 0.25) is 0 Å². The van der Waals surface area contributed by atoms with E-state index < -0.39 is 0 Å². The number of oxime groups is 1. The summed E-state index contributed by atoms with van der Waals surface area (Å²) in [5.74, 6) is 0.112. The molecular formula is C14H20FN3O2. The van der Waals surface area contributed by atoms with E-state index >= 15 is 0 Å². The van der Waals surface area contributed by atoms with E-state index in [2.05, 4.69) is 10.1 Å². The lowest BCUT2D eigenvalue weighted by Gasteiger charge is -2.16. The molecule has 1 heterocycles. The Morgan fingerprint density at radius 1 is 1.60 bits per heavy atom. The van der Waals surface area contributed by atoms with Gasteiger partial charge >= 0.3 is 0 Å². The minimum atomic E-state index is -0.329. The number of halogens is 1. The fraction of sp³-hybridized carbons (Fsp3) is 0.500. The number of methoxy groups -OCH3 is 1. The number of nitrogens with zero attached hydrogens (tertiary/aromatic N) is 2. The summed E-state index contributed by atoms with van der Waals surface area (Å²) in [6.45, 7) is 3.20. The summed E-state index contributed by atoms with van der Waals surface area (Å²) in [6, 6.07) is 4.65. The highest BCUT2D eigenvalue weighted by Gasteiger charge is 2.23. The first-order chi connectivity index (χ1) is 9.63. The fourth-order valence-electron chi connectivity index (χ4n) is 2.56. The summed E-state index contributed by atoms with van der Waals surface area (Å²) in [6.07, 6.45) is 1.08. The molecule has 0 saturated carbocycles. The molecule has 1 fully saturated rings. The van der Waals surface area contributed by atoms with Crippen LogP contribution in [-0.4, -0.2) is 42.7 Å². The van der Waals surface area contributed by atoms with Gasteiger partial charge in [-0.1, -0.05) is 17.3 Å². The van der Waals surface area contributed by atoms with Crippen LogP contribution < -0.4 is 5.73 Å². The van der Waals surface area contributed by atoms with Crippen molar-refractivity contribution in [3.05, 3.63) is 35.1 Å². The Morgan fingerprint density at radius 2 is 2.40 bits per heavy atom. The molecular weight excluding hydrogens is 261 g/mol. The zero-order chi connectivity index (χ0) is 14.5. The predicted molar refractivity (Wildman–Crippen MR) is 74.2 cm³/mol. The number of hydrogen-bond acceptors (Lipinski definition) is 4. The van der Waals surface area contributed by atoms with Crippen molar-refractivity contribution >= 4 is 5.84 Å². The largest absolute Gasteiger partial charge is 0.409 e. The van der Waals surface area contributed by atoms with Crippen LogP contribution in [0.4, 0.5) is 4.39 Å². The van der Waals surface area contributed by atoms with Crippen LogP contribution in [0, 0.1) is 11.7 Å². The molecule has 0 amide bonds. The second kappa shape index (κ2) is 6.67. The molecule has 6 heteroatoms. The van der Waals surface area contributed by atoms with Crippen LogP contribution >= 0.6 is 0 Å². The minimum Gasteiger partial charge on any atom is -0.409 e. The van der Waals surface area contributed by atoms with E-state index in [0.29, 0.717) is 23.6 Å². The van der Waals surface area contributed by atoms with Gasteiger partial charge in [-0.25, -0.2) is 4.39 Å². The van der Waals surface area contributed by atoms with Crippen molar-refractivity contribution in [1.29, 1.82) is 0 Å². The average molecular weight is 281 g/mol. The van der Waals surface area contributed by atoms with Crippen LogP contribution in [0.25, 0.3) is 0 Å². The molecule has 1 saturated heterocycles. The highest BCUT2D eigenvalue weighted by molar-refractivity contribution is 5.97. The molecule has 110 valence electrons. The molecule has 1 aliphatic rings. The molecule has 20 heavy (non-hydrogen) atoms.